The van der Waals surface area contributed by atoms with Crippen molar-refractivity contribution in [3.05, 3.63) is 46.8 Å². The van der Waals surface area contributed by atoms with Crippen LogP contribution in [0.1, 0.15) is 32.1 Å². The Kier molecular flexibility index (Phi) is 6.46. The topological polar surface area (TPSA) is 97.5 Å². The molecule has 0 fully saturated rings. The van der Waals surface area contributed by atoms with E-state index in [9.17, 15) is 14.4 Å². The molecule has 0 atom stereocenters. The third-order valence-electron chi connectivity index (χ3n) is 3.75. The molecule has 26 heavy (non-hydrogen) atoms. The molecule has 8 heteroatoms. The Morgan fingerprint density at radius 3 is 2.50 bits per heavy atom. The third-order valence-corrected chi connectivity index (χ3v) is 4.54. The fraction of sp³-hybridized carbons (Fsp3) is 0.278. The maximum absolute atomic E-state index is 12.2. The number of hydrogen-bond acceptors (Lipinski definition) is 6. The third kappa shape index (κ3) is 4.26. The van der Waals surface area contributed by atoms with Gasteiger partial charge in [0.25, 0.3) is 5.91 Å². The second-order valence-corrected chi connectivity index (χ2v) is 6.29. The molecule has 0 aliphatic rings. The first-order valence-electron chi connectivity index (χ1n) is 7.76. The van der Waals surface area contributed by atoms with Crippen molar-refractivity contribution in [2.24, 2.45) is 0 Å². The van der Waals surface area contributed by atoms with Crippen LogP contribution in [0.15, 0.2) is 29.2 Å². The summed E-state index contributed by atoms with van der Waals surface area (Å²) in [5.74, 6) is -1.70. The molecular formula is C18H20N2O5S. The second kappa shape index (κ2) is 8.57. The molecule has 1 amide bonds. The summed E-state index contributed by atoms with van der Waals surface area (Å²) in [4.78, 5) is 39.8. The number of carbonyl (C=O) groups is 3. The van der Waals surface area contributed by atoms with E-state index in [4.69, 9.17) is 9.47 Å². The van der Waals surface area contributed by atoms with Crippen molar-refractivity contribution in [1.29, 1.82) is 0 Å². The Labute approximate surface area is 155 Å². The fourth-order valence-corrected chi connectivity index (χ4v) is 3.05. The number of carbonyl (C=O) groups excluding carboxylic acids is 3. The van der Waals surface area contributed by atoms with Gasteiger partial charge in [-0.05, 0) is 37.8 Å². The highest BCUT2D eigenvalue weighted by Gasteiger charge is 2.23. The number of aromatic nitrogens is 1. The van der Waals surface area contributed by atoms with Crippen molar-refractivity contribution in [3.8, 4) is 0 Å². The van der Waals surface area contributed by atoms with Crippen LogP contribution >= 0.6 is 11.8 Å². The van der Waals surface area contributed by atoms with Crippen molar-refractivity contribution in [2.45, 2.75) is 18.7 Å². The number of benzene rings is 1. The van der Waals surface area contributed by atoms with Crippen molar-refractivity contribution in [1.82, 2.24) is 4.98 Å². The van der Waals surface area contributed by atoms with Gasteiger partial charge in [0, 0.05) is 10.6 Å². The van der Waals surface area contributed by atoms with Crippen LogP contribution < -0.4 is 5.32 Å². The second-order valence-electron chi connectivity index (χ2n) is 5.44. The molecule has 7 nitrogen and oxygen atoms in total. The lowest BCUT2D eigenvalue weighted by Gasteiger charge is -2.09. The van der Waals surface area contributed by atoms with Gasteiger partial charge in [0.1, 0.15) is 5.69 Å². The summed E-state index contributed by atoms with van der Waals surface area (Å²) >= 11 is 1.50. The maximum atomic E-state index is 12.2. The van der Waals surface area contributed by atoms with Gasteiger partial charge in [-0.15, -0.1) is 11.8 Å². The predicted molar refractivity (Wildman–Crippen MR) is 98.7 cm³/mol. The summed E-state index contributed by atoms with van der Waals surface area (Å²) in [6.45, 7) is 2.83. The number of aryl methyl sites for hydroxylation is 1. The van der Waals surface area contributed by atoms with Gasteiger partial charge in [-0.25, -0.2) is 9.59 Å². The molecule has 0 saturated carbocycles. The van der Waals surface area contributed by atoms with E-state index in [-0.39, 0.29) is 11.3 Å². The minimum atomic E-state index is -0.714. The first kappa shape index (κ1) is 19.6. The SMILES string of the molecule is COC(=O)c1c(C)[nH]c(C(=O)OCC(=O)Nc2ccccc2SC)c1C. The first-order valence-corrected chi connectivity index (χ1v) is 8.99. The number of esters is 2. The zero-order valence-corrected chi connectivity index (χ0v) is 15.8. The largest absolute Gasteiger partial charge is 0.465 e. The van der Waals surface area contributed by atoms with Crippen molar-refractivity contribution >= 4 is 35.3 Å². The average Bonchev–Trinajstić information content (AvgIpc) is 2.94. The summed E-state index contributed by atoms with van der Waals surface area (Å²) < 4.78 is 9.76. The van der Waals surface area contributed by atoms with E-state index in [1.807, 2.05) is 18.4 Å². The number of methoxy groups -OCH3 is 1. The number of rotatable bonds is 6. The summed E-state index contributed by atoms with van der Waals surface area (Å²) in [6, 6.07) is 7.33. The van der Waals surface area contributed by atoms with Gasteiger partial charge in [-0.3, -0.25) is 4.79 Å². The molecule has 2 aromatic rings. The number of para-hydroxylation sites is 1. The molecule has 0 radical (unpaired) electrons. The van der Waals surface area contributed by atoms with Crippen molar-refractivity contribution in [2.75, 3.05) is 25.3 Å². The molecule has 2 N–H and O–H groups in total. The Bertz CT molecular complexity index is 844. The number of ether oxygens (including phenoxy) is 2. The number of H-pyrrole nitrogens is 1. The maximum Gasteiger partial charge on any atom is 0.355 e. The van der Waals surface area contributed by atoms with Crippen molar-refractivity contribution in [3.63, 3.8) is 0 Å². The molecule has 1 heterocycles. The normalized spacial score (nSPS) is 10.3. The summed E-state index contributed by atoms with van der Waals surface area (Å²) in [5, 5.41) is 2.71. The number of anilines is 1. The van der Waals surface area contributed by atoms with Gasteiger partial charge in [0.2, 0.25) is 0 Å². The molecule has 0 saturated heterocycles. The Hall–Kier alpha value is -2.74. The lowest BCUT2D eigenvalue weighted by molar-refractivity contribution is -0.119. The van der Waals surface area contributed by atoms with Crippen LogP contribution in [0.2, 0.25) is 0 Å². The summed E-state index contributed by atoms with van der Waals surface area (Å²) in [7, 11) is 1.27. The standard InChI is InChI=1S/C18H20N2O5S/c1-10-15(17(22)24-3)11(2)19-16(10)18(23)25-9-14(21)20-12-7-5-6-8-13(12)26-4/h5-8,19H,9H2,1-4H3,(H,20,21). The molecule has 0 spiro atoms. The van der Waals surface area contributed by atoms with E-state index >= 15 is 0 Å². The quantitative estimate of drug-likeness (QED) is 0.594. The van der Waals surface area contributed by atoms with Gasteiger partial charge in [0.05, 0.1) is 18.4 Å². The molecule has 138 valence electrons. The van der Waals surface area contributed by atoms with Crippen molar-refractivity contribution < 1.29 is 23.9 Å². The summed E-state index contributed by atoms with van der Waals surface area (Å²) in [6.07, 6.45) is 1.90. The smallest absolute Gasteiger partial charge is 0.355 e. The van der Waals surface area contributed by atoms with E-state index in [0.717, 1.165) is 4.90 Å². The molecule has 1 aromatic heterocycles. The molecule has 0 bridgehead atoms. The Morgan fingerprint density at radius 2 is 1.85 bits per heavy atom. The zero-order valence-electron chi connectivity index (χ0n) is 15.0. The highest BCUT2D eigenvalue weighted by atomic mass is 32.2. The molecular weight excluding hydrogens is 356 g/mol. The van der Waals surface area contributed by atoms with Crippen LogP contribution in [-0.4, -0.2) is 42.8 Å². The minimum Gasteiger partial charge on any atom is -0.465 e. The summed E-state index contributed by atoms with van der Waals surface area (Å²) in [5.41, 5.74) is 1.99. The minimum absolute atomic E-state index is 0.125. The van der Waals surface area contributed by atoms with Gasteiger partial charge >= 0.3 is 11.9 Å². The average molecular weight is 376 g/mol. The van der Waals surface area contributed by atoms with Gasteiger partial charge < -0.3 is 19.8 Å². The number of thioether (sulfide) groups is 1. The van der Waals surface area contributed by atoms with E-state index in [1.54, 1.807) is 26.0 Å². The predicted octanol–water partition coefficient (Wildman–Crippen LogP) is 2.94. The van der Waals surface area contributed by atoms with Gasteiger partial charge in [-0.2, -0.15) is 0 Å². The molecule has 0 aliphatic carbocycles. The highest BCUT2D eigenvalue weighted by Crippen LogP contribution is 2.24. The first-order chi connectivity index (χ1) is 12.4. The van der Waals surface area contributed by atoms with E-state index in [0.29, 0.717) is 16.9 Å². The number of aromatic amines is 1. The van der Waals surface area contributed by atoms with E-state index < -0.39 is 24.5 Å². The van der Waals surface area contributed by atoms with Crippen LogP contribution in [0.3, 0.4) is 0 Å². The Morgan fingerprint density at radius 1 is 1.15 bits per heavy atom. The van der Waals surface area contributed by atoms with Crippen LogP contribution in [0.4, 0.5) is 5.69 Å². The number of hydrogen-bond donors (Lipinski definition) is 2. The van der Waals surface area contributed by atoms with Crippen LogP contribution in [-0.2, 0) is 14.3 Å². The zero-order chi connectivity index (χ0) is 19.3. The van der Waals surface area contributed by atoms with E-state index in [2.05, 4.69) is 10.3 Å². The molecule has 0 aliphatic heterocycles. The lowest BCUT2D eigenvalue weighted by atomic mass is 10.1. The number of nitrogens with one attached hydrogen (secondary N) is 2. The Balaban J connectivity index is 2.03. The van der Waals surface area contributed by atoms with Crippen LogP contribution in [0, 0.1) is 13.8 Å². The lowest BCUT2D eigenvalue weighted by Crippen LogP contribution is -2.21. The molecule has 0 unspecified atom stereocenters. The fourth-order valence-electron chi connectivity index (χ4n) is 2.50. The van der Waals surface area contributed by atoms with Crippen LogP contribution in [0.25, 0.3) is 0 Å². The highest BCUT2D eigenvalue weighted by molar-refractivity contribution is 7.98. The number of amides is 1. The monoisotopic (exact) mass is 376 g/mol. The van der Waals surface area contributed by atoms with Gasteiger partial charge in [0.15, 0.2) is 6.61 Å². The van der Waals surface area contributed by atoms with Crippen LogP contribution in [0.5, 0.6) is 0 Å². The molecule has 2 rings (SSSR count). The van der Waals surface area contributed by atoms with E-state index in [1.165, 1.54) is 18.9 Å². The molecule has 1 aromatic carbocycles. The van der Waals surface area contributed by atoms with Gasteiger partial charge in [-0.1, -0.05) is 12.1 Å².